The molecule has 3 N–H and O–H groups in total. The number of ether oxygens (including phenoxy) is 2. The molecule has 2 aliphatic rings. The van der Waals surface area contributed by atoms with Gasteiger partial charge in [0.15, 0.2) is 0 Å². The number of nitrogens with one attached hydrogen (secondary N) is 1. The summed E-state index contributed by atoms with van der Waals surface area (Å²) >= 11 is 0. The first-order valence-electron chi connectivity index (χ1n) is 12.4. The minimum absolute atomic E-state index is 0.143. The smallest absolute Gasteiger partial charge is 0.407 e. The van der Waals surface area contributed by atoms with E-state index < -0.39 is 16.1 Å². The average Bonchev–Trinajstić information content (AvgIpc) is 3.29. The van der Waals surface area contributed by atoms with E-state index in [2.05, 4.69) is 24.4 Å². The van der Waals surface area contributed by atoms with Crippen LogP contribution in [0.5, 0.6) is 0 Å². The van der Waals surface area contributed by atoms with Gasteiger partial charge in [0, 0.05) is 31.2 Å². The number of rotatable bonds is 11. The van der Waals surface area contributed by atoms with Crippen molar-refractivity contribution in [2.75, 3.05) is 32.0 Å². The Morgan fingerprint density at radius 1 is 1.29 bits per heavy atom. The molecule has 35 heavy (non-hydrogen) atoms. The number of nitrogens with two attached hydrogens (primary N) is 1. The molecule has 9 heteroatoms. The minimum atomic E-state index is -3.71. The SMILES string of the molecule is CC(C)CN(CCC(CC1=CC=CC(C)C1)NC(=O)OC1CCOC1)S(=O)(=O)c1ccc(N)cc1. The van der Waals surface area contributed by atoms with Crippen molar-refractivity contribution >= 4 is 21.8 Å². The molecule has 1 aliphatic carbocycles. The monoisotopic (exact) mass is 505 g/mol. The van der Waals surface area contributed by atoms with Gasteiger partial charge in [0.1, 0.15) is 6.10 Å². The zero-order chi connectivity index (χ0) is 25.4. The van der Waals surface area contributed by atoms with E-state index in [4.69, 9.17) is 15.2 Å². The maximum absolute atomic E-state index is 13.4. The molecule has 1 amide bonds. The molecule has 0 bridgehead atoms. The van der Waals surface area contributed by atoms with Crippen molar-refractivity contribution in [3.05, 3.63) is 48.1 Å². The molecule has 1 aromatic carbocycles. The summed E-state index contributed by atoms with van der Waals surface area (Å²) < 4.78 is 39.2. The van der Waals surface area contributed by atoms with Crippen LogP contribution in [0.15, 0.2) is 53.0 Å². The molecule has 1 saturated heterocycles. The maximum atomic E-state index is 13.4. The van der Waals surface area contributed by atoms with Gasteiger partial charge in [-0.05, 0) is 55.4 Å². The van der Waals surface area contributed by atoms with Crippen LogP contribution in [0.3, 0.4) is 0 Å². The fraction of sp³-hybridized carbons (Fsp3) is 0.577. The van der Waals surface area contributed by atoms with E-state index >= 15 is 0 Å². The molecule has 0 saturated carbocycles. The predicted octanol–water partition coefficient (Wildman–Crippen LogP) is 4.10. The lowest BCUT2D eigenvalue weighted by atomic mass is 9.91. The molecular formula is C26H39N3O5S. The van der Waals surface area contributed by atoms with E-state index in [9.17, 15) is 13.2 Å². The van der Waals surface area contributed by atoms with Gasteiger partial charge < -0.3 is 20.5 Å². The van der Waals surface area contributed by atoms with Crippen molar-refractivity contribution in [2.45, 2.75) is 63.5 Å². The van der Waals surface area contributed by atoms with Gasteiger partial charge in [-0.15, -0.1) is 0 Å². The van der Waals surface area contributed by atoms with Crippen LogP contribution in [0.1, 0.15) is 46.5 Å². The number of allylic oxidation sites excluding steroid dienone is 3. The van der Waals surface area contributed by atoms with Crippen LogP contribution in [-0.2, 0) is 19.5 Å². The molecule has 3 unspecified atom stereocenters. The highest BCUT2D eigenvalue weighted by Gasteiger charge is 2.28. The van der Waals surface area contributed by atoms with Crippen LogP contribution in [0, 0.1) is 11.8 Å². The molecule has 1 aliphatic heterocycles. The fourth-order valence-electron chi connectivity index (χ4n) is 4.39. The van der Waals surface area contributed by atoms with Gasteiger partial charge in [0.25, 0.3) is 0 Å². The molecular weight excluding hydrogens is 466 g/mol. The van der Waals surface area contributed by atoms with Crippen LogP contribution in [0.2, 0.25) is 0 Å². The van der Waals surface area contributed by atoms with Crippen LogP contribution in [0.4, 0.5) is 10.5 Å². The number of carbonyl (C=O) groups is 1. The molecule has 3 rings (SSSR count). The summed E-state index contributed by atoms with van der Waals surface area (Å²) in [6.07, 6.45) is 8.28. The minimum Gasteiger partial charge on any atom is -0.444 e. The molecule has 8 nitrogen and oxygen atoms in total. The van der Waals surface area contributed by atoms with E-state index in [0.717, 1.165) is 6.42 Å². The number of nitrogen functional groups attached to an aromatic ring is 1. The molecule has 1 aromatic rings. The third kappa shape index (κ3) is 8.37. The van der Waals surface area contributed by atoms with Gasteiger partial charge in [0.05, 0.1) is 18.1 Å². The molecule has 0 radical (unpaired) electrons. The number of sulfonamides is 1. The van der Waals surface area contributed by atoms with Gasteiger partial charge in [-0.25, -0.2) is 13.2 Å². The first kappa shape index (κ1) is 27.2. The van der Waals surface area contributed by atoms with Crippen LogP contribution < -0.4 is 11.1 Å². The normalized spacial score (nSPS) is 21.2. The second kappa shape index (κ2) is 12.6. The van der Waals surface area contributed by atoms with Crippen molar-refractivity contribution in [1.82, 2.24) is 9.62 Å². The molecule has 0 aromatic heterocycles. The van der Waals surface area contributed by atoms with Crippen molar-refractivity contribution in [1.29, 1.82) is 0 Å². The quantitative estimate of drug-likeness (QED) is 0.438. The number of carbonyl (C=O) groups excluding carboxylic acids is 1. The van der Waals surface area contributed by atoms with E-state index in [1.165, 1.54) is 22.0 Å². The molecule has 194 valence electrons. The standard InChI is InChI=1S/C26H39N3O5S/c1-19(2)17-29(35(31,32)25-9-7-22(27)8-10-25)13-11-23(16-21-6-4-5-20(3)15-21)28-26(30)34-24-12-14-33-18-24/h4-10,19-20,23-24H,11-18,27H2,1-3H3,(H,28,30). The molecule has 3 atom stereocenters. The molecule has 1 fully saturated rings. The number of alkyl carbamates (subject to hydrolysis) is 1. The second-order valence-electron chi connectivity index (χ2n) is 9.94. The zero-order valence-corrected chi connectivity index (χ0v) is 21.8. The topological polar surface area (TPSA) is 111 Å². The van der Waals surface area contributed by atoms with Crippen LogP contribution in [0.25, 0.3) is 0 Å². The van der Waals surface area contributed by atoms with Gasteiger partial charge >= 0.3 is 6.09 Å². The van der Waals surface area contributed by atoms with Crippen molar-refractivity contribution in [2.24, 2.45) is 11.8 Å². The lowest BCUT2D eigenvalue weighted by Gasteiger charge is -2.28. The highest BCUT2D eigenvalue weighted by Crippen LogP contribution is 2.24. The van der Waals surface area contributed by atoms with Crippen molar-refractivity contribution in [3.63, 3.8) is 0 Å². The van der Waals surface area contributed by atoms with Gasteiger partial charge in [-0.3, -0.25) is 0 Å². The van der Waals surface area contributed by atoms with E-state index in [1.54, 1.807) is 12.1 Å². The third-order valence-corrected chi connectivity index (χ3v) is 8.04. The lowest BCUT2D eigenvalue weighted by Crippen LogP contribution is -2.42. The third-order valence-electron chi connectivity index (χ3n) is 6.16. The summed E-state index contributed by atoms with van der Waals surface area (Å²) in [5, 5.41) is 2.99. The Balaban J connectivity index is 1.73. The number of amides is 1. The first-order chi connectivity index (χ1) is 16.6. The Bertz CT molecular complexity index is 998. The van der Waals surface area contributed by atoms with E-state index in [-0.39, 0.29) is 29.5 Å². The summed E-state index contributed by atoms with van der Waals surface area (Å²) in [6.45, 7) is 7.79. The van der Waals surface area contributed by atoms with Gasteiger partial charge in [-0.1, -0.05) is 44.6 Å². The predicted molar refractivity (Wildman–Crippen MR) is 137 cm³/mol. The largest absolute Gasteiger partial charge is 0.444 e. The number of hydrogen-bond donors (Lipinski definition) is 2. The van der Waals surface area contributed by atoms with Crippen molar-refractivity contribution in [3.8, 4) is 0 Å². The lowest BCUT2D eigenvalue weighted by molar-refractivity contribution is 0.0803. The summed E-state index contributed by atoms with van der Waals surface area (Å²) in [6, 6.07) is 6.01. The fourth-order valence-corrected chi connectivity index (χ4v) is 6.01. The summed E-state index contributed by atoms with van der Waals surface area (Å²) in [5.74, 6) is 0.575. The molecule has 1 heterocycles. The Morgan fingerprint density at radius 3 is 2.66 bits per heavy atom. The average molecular weight is 506 g/mol. The highest BCUT2D eigenvalue weighted by molar-refractivity contribution is 7.89. The van der Waals surface area contributed by atoms with Crippen molar-refractivity contribution < 1.29 is 22.7 Å². The molecule has 0 spiro atoms. The number of hydrogen-bond acceptors (Lipinski definition) is 6. The summed E-state index contributed by atoms with van der Waals surface area (Å²) in [5.41, 5.74) is 7.49. The van der Waals surface area contributed by atoms with Gasteiger partial charge in [-0.2, -0.15) is 4.31 Å². The van der Waals surface area contributed by atoms with E-state index in [0.29, 0.717) is 50.6 Å². The Labute approximate surface area is 209 Å². The van der Waals surface area contributed by atoms with Gasteiger partial charge in [0.2, 0.25) is 10.0 Å². The highest BCUT2D eigenvalue weighted by atomic mass is 32.2. The summed E-state index contributed by atoms with van der Waals surface area (Å²) in [4.78, 5) is 12.8. The second-order valence-corrected chi connectivity index (χ2v) is 11.9. The Kier molecular flexibility index (Phi) is 9.77. The Hall–Kier alpha value is -2.36. The maximum Gasteiger partial charge on any atom is 0.407 e. The number of nitrogens with zero attached hydrogens (tertiary/aromatic N) is 1. The Morgan fingerprint density at radius 2 is 2.03 bits per heavy atom. The number of anilines is 1. The first-order valence-corrected chi connectivity index (χ1v) is 13.8. The van der Waals surface area contributed by atoms with Crippen LogP contribution in [-0.4, -0.2) is 57.3 Å². The zero-order valence-electron chi connectivity index (χ0n) is 21.0. The summed E-state index contributed by atoms with van der Waals surface area (Å²) in [7, 11) is -3.71. The number of benzene rings is 1. The van der Waals surface area contributed by atoms with E-state index in [1.807, 2.05) is 19.9 Å². The van der Waals surface area contributed by atoms with Crippen LogP contribution >= 0.6 is 0 Å².